The number of carboxylic acids is 1. The fraction of sp³-hybridized carbons (Fsp3) is 0.818. The van der Waals surface area contributed by atoms with Gasteiger partial charge in [0.15, 0.2) is 0 Å². The van der Waals surface area contributed by atoms with Gasteiger partial charge in [0.05, 0.1) is 0 Å². The van der Waals surface area contributed by atoms with E-state index in [-0.39, 0.29) is 12.5 Å². The van der Waals surface area contributed by atoms with Crippen LogP contribution < -0.4 is 5.32 Å². The van der Waals surface area contributed by atoms with Gasteiger partial charge < -0.3 is 15.2 Å². The van der Waals surface area contributed by atoms with Crippen LogP contribution in [0.4, 0.5) is 0 Å². The Morgan fingerprint density at radius 1 is 1.31 bits per heavy atom. The van der Waals surface area contributed by atoms with Gasteiger partial charge in [0.2, 0.25) is 5.91 Å². The zero-order chi connectivity index (χ0) is 12.4. The molecule has 0 heterocycles. The van der Waals surface area contributed by atoms with E-state index in [4.69, 9.17) is 5.11 Å². The largest absolute Gasteiger partial charge is 0.480 e. The first-order chi connectivity index (χ1) is 7.61. The van der Waals surface area contributed by atoms with Gasteiger partial charge in [0.25, 0.3) is 0 Å². The Balaban J connectivity index is 3.88. The average Bonchev–Trinajstić information content (AvgIpc) is 2.22. The molecule has 0 aliphatic heterocycles. The molecule has 2 N–H and O–H groups in total. The van der Waals surface area contributed by atoms with Crippen LogP contribution in [0.1, 0.15) is 39.0 Å². The van der Waals surface area contributed by atoms with Crippen molar-refractivity contribution in [3.63, 3.8) is 0 Å². The van der Waals surface area contributed by atoms with Crippen molar-refractivity contribution < 1.29 is 19.4 Å². The summed E-state index contributed by atoms with van der Waals surface area (Å²) in [5.74, 6) is -1.37. The molecular weight excluding hydrogens is 210 g/mol. The first-order valence-corrected chi connectivity index (χ1v) is 5.63. The molecule has 94 valence electrons. The molecule has 0 bridgehead atoms. The molecule has 0 aliphatic rings. The second-order valence-electron chi connectivity index (χ2n) is 3.74. The van der Waals surface area contributed by atoms with Gasteiger partial charge in [-0.3, -0.25) is 4.79 Å². The summed E-state index contributed by atoms with van der Waals surface area (Å²) in [5.41, 5.74) is 0. The molecule has 5 heteroatoms. The molecule has 1 atom stereocenters. The minimum atomic E-state index is -0.985. The topological polar surface area (TPSA) is 75.6 Å². The van der Waals surface area contributed by atoms with Crippen molar-refractivity contribution in [3.8, 4) is 0 Å². The Labute approximate surface area is 96.2 Å². The highest BCUT2D eigenvalue weighted by Crippen LogP contribution is 2.05. The lowest BCUT2D eigenvalue weighted by atomic mass is 10.1. The van der Waals surface area contributed by atoms with Gasteiger partial charge >= 0.3 is 5.97 Å². The minimum Gasteiger partial charge on any atom is -0.480 e. The van der Waals surface area contributed by atoms with E-state index in [0.29, 0.717) is 6.42 Å². The number of unbranched alkanes of at least 4 members (excludes halogenated alkanes) is 3. The van der Waals surface area contributed by atoms with Crippen molar-refractivity contribution in [3.05, 3.63) is 0 Å². The summed E-state index contributed by atoms with van der Waals surface area (Å²) >= 11 is 0. The Hall–Kier alpha value is -1.10. The number of hydrogen-bond acceptors (Lipinski definition) is 3. The third kappa shape index (κ3) is 7.23. The van der Waals surface area contributed by atoms with E-state index in [2.05, 4.69) is 17.0 Å². The standard InChI is InChI=1S/C11H21NO4/c1-3-4-5-6-7-9(11(14)15)12-10(13)8-16-2/h9H,3-8H2,1-2H3,(H,12,13)(H,14,15)/t9-/m0/s1. The van der Waals surface area contributed by atoms with Crippen molar-refractivity contribution >= 4 is 11.9 Å². The predicted molar refractivity (Wildman–Crippen MR) is 60.2 cm³/mol. The minimum absolute atomic E-state index is 0.0985. The van der Waals surface area contributed by atoms with Crippen LogP contribution in [0.3, 0.4) is 0 Å². The van der Waals surface area contributed by atoms with Gasteiger partial charge in [-0.2, -0.15) is 0 Å². The van der Waals surface area contributed by atoms with Crippen LogP contribution in [0.25, 0.3) is 0 Å². The summed E-state index contributed by atoms with van der Waals surface area (Å²) in [6, 6.07) is -0.792. The van der Waals surface area contributed by atoms with E-state index >= 15 is 0 Å². The lowest BCUT2D eigenvalue weighted by molar-refractivity contribution is -0.142. The highest BCUT2D eigenvalue weighted by molar-refractivity contribution is 5.84. The van der Waals surface area contributed by atoms with Crippen molar-refractivity contribution in [1.82, 2.24) is 5.32 Å². The lowest BCUT2D eigenvalue weighted by Crippen LogP contribution is -2.42. The second-order valence-corrected chi connectivity index (χ2v) is 3.74. The van der Waals surface area contributed by atoms with Crippen LogP contribution in [0.2, 0.25) is 0 Å². The molecular formula is C11H21NO4. The van der Waals surface area contributed by atoms with Gasteiger partial charge in [-0.15, -0.1) is 0 Å². The highest BCUT2D eigenvalue weighted by Gasteiger charge is 2.18. The monoisotopic (exact) mass is 231 g/mol. The van der Waals surface area contributed by atoms with Gasteiger partial charge in [0.1, 0.15) is 12.6 Å². The van der Waals surface area contributed by atoms with Gasteiger partial charge in [-0.05, 0) is 6.42 Å². The van der Waals surface area contributed by atoms with E-state index in [1.807, 2.05) is 0 Å². The van der Waals surface area contributed by atoms with Crippen molar-refractivity contribution in [1.29, 1.82) is 0 Å². The van der Waals surface area contributed by atoms with Gasteiger partial charge in [-0.25, -0.2) is 4.79 Å². The first-order valence-electron chi connectivity index (χ1n) is 5.63. The van der Waals surface area contributed by atoms with Crippen LogP contribution in [-0.4, -0.2) is 36.7 Å². The zero-order valence-corrected chi connectivity index (χ0v) is 9.99. The predicted octanol–water partition coefficient (Wildman–Crippen LogP) is 1.17. The van der Waals surface area contributed by atoms with Gasteiger partial charge in [0, 0.05) is 7.11 Å². The van der Waals surface area contributed by atoms with Crippen molar-refractivity contribution in [2.45, 2.75) is 45.1 Å². The molecule has 0 fully saturated rings. The van der Waals surface area contributed by atoms with Gasteiger partial charge in [-0.1, -0.05) is 32.6 Å². The number of carbonyl (C=O) groups excluding carboxylic acids is 1. The molecule has 0 spiro atoms. The third-order valence-electron chi connectivity index (χ3n) is 2.26. The number of carbonyl (C=O) groups is 2. The lowest BCUT2D eigenvalue weighted by Gasteiger charge is -2.13. The maximum atomic E-state index is 11.1. The number of aliphatic carboxylic acids is 1. The number of nitrogens with one attached hydrogen (secondary N) is 1. The van der Waals surface area contributed by atoms with Crippen LogP contribution >= 0.6 is 0 Å². The maximum Gasteiger partial charge on any atom is 0.326 e. The normalized spacial score (nSPS) is 12.1. The SMILES string of the molecule is CCCCCC[C@H](NC(=O)COC)C(=O)O. The van der Waals surface area contributed by atoms with Crippen LogP contribution in [0.15, 0.2) is 0 Å². The fourth-order valence-electron chi connectivity index (χ4n) is 1.40. The van der Waals surface area contributed by atoms with Crippen molar-refractivity contribution in [2.75, 3.05) is 13.7 Å². The van der Waals surface area contributed by atoms with E-state index in [0.717, 1.165) is 25.7 Å². The van der Waals surface area contributed by atoms with E-state index < -0.39 is 12.0 Å². The summed E-state index contributed by atoms with van der Waals surface area (Å²) in [4.78, 5) is 22.0. The number of rotatable bonds is 9. The molecule has 0 aromatic rings. The smallest absolute Gasteiger partial charge is 0.326 e. The number of methoxy groups -OCH3 is 1. The number of ether oxygens (including phenoxy) is 1. The summed E-state index contributed by atoms with van der Waals surface area (Å²) in [5, 5.41) is 11.3. The molecule has 1 amide bonds. The Morgan fingerprint density at radius 3 is 2.50 bits per heavy atom. The summed E-state index contributed by atoms with van der Waals surface area (Å²) in [7, 11) is 1.40. The number of hydrogen-bond donors (Lipinski definition) is 2. The first kappa shape index (κ1) is 14.9. The third-order valence-corrected chi connectivity index (χ3v) is 2.26. The second kappa shape index (κ2) is 9.15. The molecule has 0 unspecified atom stereocenters. The number of amides is 1. The zero-order valence-electron chi connectivity index (χ0n) is 9.99. The fourth-order valence-corrected chi connectivity index (χ4v) is 1.40. The molecule has 0 aliphatic carbocycles. The van der Waals surface area contributed by atoms with E-state index in [1.54, 1.807) is 0 Å². The summed E-state index contributed by atoms with van der Waals surface area (Å²) in [6.07, 6.45) is 4.50. The molecule has 0 radical (unpaired) electrons. The summed E-state index contributed by atoms with van der Waals surface area (Å²) in [6.45, 7) is 1.99. The highest BCUT2D eigenvalue weighted by atomic mass is 16.5. The average molecular weight is 231 g/mol. The van der Waals surface area contributed by atoms with E-state index in [1.165, 1.54) is 7.11 Å². The van der Waals surface area contributed by atoms with Crippen LogP contribution in [-0.2, 0) is 14.3 Å². The molecule has 0 aromatic heterocycles. The molecule has 0 rings (SSSR count). The Morgan fingerprint density at radius 2 is 2.00 bits per heavy atom. The van der Waals surface area contributed by atoms with Crippen LogP contribution in [0, 0.1) is 0 Å². The Bertz CT molecular complexity index is 218. The maximum absolute atomic E-state index is 11.1. The quantitative estimate of drug-likeness (QED) is 0.584. The van der Waals surface area contributed by atoms with E-state index in [9.17, 15) is 9.59 Å². The van der Waals surface area contributed by atoms with Crippen molar-refractivity contribution in [2.24, 2.45) is 0 Å². The molecule has 5 nitrogen and oxygen atoms in total. The summed E-state index contributed by atoms with van der Waals surface area (Å²) < 4.78 is 4.62. The number of carboxylic acid groups (broad SMARTS) is 1. The molecule has 0 saturated heterocycles. The molecule has 16 heavy (non-hydrogen) atoms. The molecule has 0 aromatic carbocycles. The molecule has 0 saturated carbocycles. The van der Waals surface area contributed by atoms with Crippen LogP contribution in [0.5, 0.6) is 0 Å². The Kier molecular flexibility index (Phi) is 8.52.